The van der Waals surface area contributed by atoms with Gasteiger partial charge in [0, 0.05) is 18.3 Å². The number of carbonyl (C=O) groups is 2. The zero-order valence-corrected chi connectivity index (χ0v) is 13.2. The van der Waals surface area contributed by atoms with Crippen molar-refractivity contribution < 1.29 is 19.1 Å². The van der Waals surface area contributed by atoms with Gasteiger partial charge in [0.1, 0.15) is 11.7 Å². The highest BCUT2D eigenvalue weighted by atomic mass is 16.5. The summed E-state index contributed by atoms with van der Waals surface area (Å²) in [5, 5.41) is 3.03. The molecule has 0 radical (unpaired) electrons. The van der Waals surface area contributed by atoms with E-state index in [4.69, 9.17) is 9.47 Å². The number of rotatable bonds is 2. The standard InChI is InChI=1S/C18H21NO4/c1-2-22-17(21)15-14-11-7-3-4-9-13(11)23-18(19-16(15)20)10-6-5-8-12(14)18/h3-4,7,9,12,14-15H,2,5-6,8,10H2,1H3,(H,19,20)/t12-,14-,15+,18+/m1/s1. The maximum atomic E-state index is 12.7. The largest absolute Gasteiger partial charge is 0.467 e. The topological polar surface area (TPSA) is 64.6 Å². The monoisotopic (exact) mass is 315 g/mol. The summed E-state index contributed by atoms with van der Waals surface area (Å²) in [6.45, 7) is 2.05. The van der Waals surface area contributed by atoms with Crippen LogP contribution in [-0.2, 0) is 14.3 Å². The summed E-state index contributed by atoms with van der Waals surface area (Å²) in [5.74, 6) is -0.723. The van der Waals surface area contributed by atoms with E-state index in [1.54, 1.807) is 6.92 Å². The number of piperidine rings is 1. The molecular weight excluding hydrogens is 294 g/mol. The second-order valence-corrected chi connectivity index (χ2v) is 6.63. The first-order valence-electron chi connectivity index (χ1n) is 8.43. The van der Waals surface area contributed by atoms with Crippen molar-refractivity contribution in [2.24, 2.45) is 11.8 Å². The van der Waals surface area contributed by atoms with E-state index in [-0.39, 0.29) is 24.3 Å². The van der Waals surface area contributed by atoms with E-state index in [1.807, 2.05) is 24.3 Å². The van der Waals surface area contributed by atoms with Crippen LogP contribution in [0.15, 0.2) is 24.3 Å². The van der Waals surface area contributed by atoms with Crippen LogP contribution >= 0.6 is 0 Å². The van der Waals surface area contributed by atoms with E-state index in [0.717, 1.165) is 37.0 Å². The van der Waals surface area contributed by atoms with E-state index in [1.165, 1.54) is 0 Å². The fourth-order valence-electron chi connectivity index (χ4n) is 4.56. The van der Waals surface area contributed by atoms with Crippen molar-refractivity contribution in [3.8, 4) is 5.75 Å². The van der Waals surface area contributed by atoms with Crippen molar-refractivity contribution in [3.63, 3.8) is 0 Å². The number of hydrogen-bond donors (Lipinski definition) is 1. The van der Waals surface area contributed by atoms with Gasteiger partial charge in [0.05, 0.1) is 6.61 Å². The molecule has 1 aromatic carbocycles. The van der Waals surface area contributed by atoms with Gasteiger partial charge < -0.3 is 14.8 Å². The zero-order valence-electron chi connectivity index (χ0n) is 13.2. The number of ether oxygens (including phenoxy) is 2. The molecule has 4 atom stereocenters. The lowest BCUT2D eigenvalue weighted by Crippen LogP contribution is -2.69. The van der Waals surface area contributed by atoms with Crippen LogP contribution in [-0.4, -0.2) is 24.2 Å². The Hall–Kier alpha value is -2.04. The molecule has 2 heterocycles. The molecule has 5 nitrogen and oxygen atoms in total. The molecule has 122 valence electrons. The molecule has 1 aliphatic carbocycles. The molecule has 0 unspecified atom stereocenters. The Morgan fingerprint density at radius 2 is 2.22 bits per heavy atom. The minimum atomic E-state index is -0.781. The van der Waals surface area contributed by atoms with Crippen LogP contribution in [0.3, 0.4) is 0 Å². The van der Waals surface area contributed by atoms with Crippen LogP contribution in [0.4, 0.5) is 0 Å². The van der Waals surface area contributed by atoms with Gasteiger partial charge in [-0.25, -0.2) is 0 Å². The summed E-state index contributed by atoms with van der Waals surface area (Å²) in [5.41, 5.74) is 0.306. The van der Waals surface area contributed by atoms with Gasteiger partial charge in [-0.05, 0) is 31.4 Å². The molecule has 2 fully saturated rings. The third-order valence-corrected chi connectivity index (χ3v) is 5.43. The second kappa shape index (κ2) is 5.25. The summed E-state index contributed by atoms with van der Waals surface area (Å²) in [6.07, 6.45) is 3.87. The van der Waals surface area contributed by atoms with Gasteiger partial charge >= 0.3 is 5.97 Å². The third-order valence-electron chi connectivity index (χ3n) is 5.43. The Kier molecular flexibility index (Phi) is 3.32. The van der Waals surface area contributed by atoms with Gasteiger partial charge in [-0.3, -0.25) is 9.59 Å². The van der Waals surface area contributed by atoms with Crippen LogP contribution < -0.4 is 10.1 Å². The first-order chi connectivity index (χ1) is 11.2. The van der Waals surface area contributed by atoms with E-state index < -0.39 is 17.6 Å². The summed E-state index contributed by atoms with van der Waals surface area (Å²) < 4.78 is 11.5. The number of benzene rings is 1. The van der Waals surface area contributed by atoms with Crippen LogP contribution in [0.1, 0.15) is 44.1 Å². The molecule has 1 saturated heterocycles. The molecule has 1 saturated carbocycles. The number of carbonyl (C=O) groups excluding carboxylic acids is 2. The average molecular weight is 315 g/mol. The van der Waals surface area contributed by atoms with Crippen molar-refractivity contribution in [1.29, 1.82) is 0 Å². The Morgan fingerprint density at radius 3 is 3.04 bits per heavy atom. The maximum absolute atomic E-state index is 12.7. The normalized spacial score (nSPS) is 34.5. The molecule has 23 heavy (non-hydrogen) atoms. The quantitative estimate of drug-likeness (QED) is 0.672. The summed E-state index contributed by atoms with van der Waals surface area (Å²) in [7, 11) is 0. The summed E-state index contributed by atoms with van der Waals surface area (Å²) >= 11 is 0. The molecule has 1 amide bonds. The lowest BCUT2D eigenvalue weighted by Gasteiger charge is -2.55. The zero-order chi connectivity index (χ0) is 16.0. The molecular formula is C18H21NO4. The highest BCUT2D eigenvalue weighted by Crippen LogP contribution is 2.55. The Labute approximate surface area is 135 Å². The fourth-order valence-corrected chi connectivity index (χ4v) is 4.56. The van der Waals surface area contributed by atoms with Crippen molar-refractivity contribution in [2.45, 2.75) is 44.2 Å². The number of amides is 1. The number of esters is 1. The van der Waals surface area contributed by atoms with Crippen LogP contribution in [0.5, 0.6) is 5.75 Å². The van der Waals surface area contributed by atoms with Crippen molar-refractivity contribution in [1.82, 2.24) is 5.32 Å². The lowest BCUT2D eigenvalue weighted by molar-refractivity contribution is -0.171. The second-order valence-electron chi connectivity index (χ2n) is 6.63. The van der Waals surface area contributed by atoms with E-state index >= 15 is 0 Å². The highest BCUT2D eigenvalue weighted by molar-refractivity contribution is 6.00. The molecule has 4 rings (SSSR count). The Bertz CT molecular complexity index is 658. The van der Waals surface area contributed by atoms with E-state index in [0.29, 0.717) is 0 Å². The number of fused-ring (bicyclic) bond motifs is 2. The Balaban J connectivity index is 1.85. The first kappa shape index (κ1) is 14.5. The first-order valence-corrected chi connectivity index (χ1v) is 8.43. The smallest absolute Gasteiger partial charge is 0.319 e. The molecule has 2 aliphatic heterocycles. The van der Waals surface area contributed by atoms with Gasteiger partial charge in [-0.15, -0.1) is 0 Å². The van der Waals surface area contributed by atoms with E-state index in [9.17, 15) is 9.59 Å². The summed E-state index contributed by atoms with van der Waals surface area (Å²) in [4.78, 5) is 25.2. The van der Waals surface area contributed by atoms with Crippen LogP contribution in [0.2, 0.25) is 0 Å². The van der Waals surface area contributed by atoms with Gasteiger partial charge in [-0.2, -0.15) is 0 Å². The third kappa shape index (κ3) is 2.06. The molecule has 2 bridgehead atoms. The lowest BCUT2D eigenvalue weighted by atomic mass is 9.62. The van der Waals surface area contributed by atoms with Crippen molar-refractivity contribution in [2.75, 3.05) is 6.61 Å². The molecule has 5 heteroatoms. The van der Waals surface area contributed by atoms with Crippen molar-refractivity contribution in [3.05, 3.63) is 29.8 Å². The number of nitrogens with one attached hydrogen (secondary N) is 1. The maximum Gasteiger partial charge on any atom is 0.319 e. The van der Waals surface area contributed by atoms with Gasteiger partial charge in [0.25, 0.3) is 0 Å². The molecule has 1 aromatic rings. The van der Waals surface area contributed by atoms with Crippen molar-refractivity contribution >= 4 is 11.9 Å². The fraction of sp³-hybridized carbons (Fsp3) is 0.556. The van der Waals surface area contributed by atoms with Crippen LogP contribution in [0, 0.1) is 11.8 Å². The molecule has 3 aliphatic rings. The van der Waals surface area contributed by atoms with Gasteiger partial charge in [0.2, 0.25) is 5.91 Å². The Morgan fingerprint density at radius 1 is 1.39 bits per heavy atom. The molecule has 0 spiro atoms. The number of hydrogen-bond acceptors (Lipinski definition) is 4. The summed E-state index contributed by atoms with van der Waals surface area (Å²) in [6, 6.07) is 7.76. The van der Waals surface area contributed by atoms with Gasteiger partial charge in [0.15, 0.2) is 5.72 Å². The molecule has 1 N–H and O–H groups in total. The number of para-hydroxylation sites is 1. The van der Waals surface area contributed by atoms with Gasteiger partial charge in [-0.1, -0.05) is 24.6 Å². The SMILES string of the molecule is CCOC(=O)[C@@H]1C(=O)N[C@]23CCCC[C@@H]2[C@H]1c1ccccc1O3. The van der Waals surface area contributed by atoms with E-state index in [2.05, 4.69) is 5.32 Å². The predicted molar refractivity (Wildman–Crippen MR) is 82.8 cm³/mol. The average Bonchev–Trinajstić information content (AvgIpc) is 2.54. The minimum Gasteiger partial charge on any atom is -0.467 e. The van der Waals surface area contributed by atoms with Crippen LogP contribution in [0.25, 0.3) is 0 Å². The molecule has 0 aromatic heterocycles. The predicted octanol–water partition coefficient (Wildman–Crippen LogP) is 2.36. The minimum absolute atomic E-state index is 0.123. The highest BCUT2D eigenvalue weighted by Gasteiger charge is 2.61.